The second-order valence-electron chi connectivity index (χ2n) is 11.6. The predicted octanol–water partition coefficient (Wildman–Crippen LogP) is 4.71. The van der Waals surface area contributed by atoms with E-state index in [0.29, 0.717) is 22.2 Å². The monoisotopic (exact) mass is 565 g/mol. The molecule has 2 N–H and O–H groups in total. The Bertz CT molecular complexity index is 1370. The molecule has 9 heteroatoms. The Morgan fingerprint density at radius 1 is 1.10 bits per heavy atom. The molecule has 2 saturated heterocycles. The van der Waals surface area contributed by atoms with Crippen molar-refractivity contribution in [2.75, 3.05) is 5.32 Å². The summed E-state index contributed by atoms with van der Waals surface area (Å²) in [5.74, 6) is -2.59. The summed E-state index contributed by atoms with van der Waals surface area (Å²) < 4.78 is 21.2. The lowest BCUT2D eigenvalue weighted by molar-refractivity contribution is -0.142. The molecule has 0 unspecified atom stereocenters. The van der Waals surface area contributed by atoms with Crippen molar-refractivity contribution < 1.29 is 23.5 Å². The smallest absolute Gasteiger partial charge is 0.246 e. The number of hydrogen-bond acceptors (Lipinski definition) is 4. The molecule has 8 atom stereocenters. The van der Waals surface area contributed by atoms with Crippen LogP contribution < -0.4 is 10.6 Å². The Hall–Kier alpha value is -3.23. The molecule has 3 fully saturated rings. The highest BCUT2D eigenvalue weighted by Crippen LogP contribution is 2.55. The number of halogens is 2. The fourth-order valence-electron chi connectivity index (χ4n) is 7.05. The van der Waals surface area contributed by atoms with Crippen LogP contribution in [0.3, 0.4) is 0 Å². The van der Waals surface area contributed by atoms with Crippen LogP contribution in [0, 0.1) is 29.5 Å². The standard InChI is InChI=1S/C31H33ClFN3O4/c1-17-6-5-9-23(18(17)2)35-29(38)27-31-15-14-24(40-31)25(28(37)34-21-12-10-20(32)11-13-21)26(31)30(39)36(27)16-19-7-3-4-8-22(19)33/h3-4,7-8,10-15,17-18,23-27H,5-6,9,16H2,1-2H3,(H,34,37)(H,35,38)/t17-,18-,23+,24-,25+,26-,27+,31+/m1/s1. The summed E-state index contributed by atoms with van der Waals surface area (Å²) in [6.45, 7) is 4.23. The molecule has 3 heterocycles. The van der Waals surface area contributed by atoms with Crippen LogP contribution in [0.2, 0.25) is 5.02 Å². The summed E-state index contributed by atoms with van der Waals surface area (Å²) >= 11 is 5.99. The number of nitrogens with one attached hydrogen (secondary N) is 2. The fourth-order valence-corrected chi connectivity index (χ4v) is 7.18. The first-order valence-corrected chi connectivity index (χ1v) is 14.4. The van der Waals surface area contributed by atoms with Gasteiger partial charge in [-0.2, -0.15) is 0 Å². The van der Waals surface area contributed by atoms with Gasteiger partial charge in [0.05, 0.1) is 17.9 Å². The molecule has 2 bridgehead atoms. The maximum absolute atomic E-state index is 14.8. The number of anilines is 1. The Morgan fingerprint density at radius 2 is 1.85 bits per heavy atom. The molecular formula is C31H33ClFN3O4. The lowest BCUT2D eigenvalue weighted by Gasteiger charge is -2.38. The third-order valence-electron chi connectivity index (χ3n) is 9.37. The van der Waals surface area contributed by atoms with Crippen molar-refractivity contribution in [3.8, 4) is 0 Å². The summed E-state index contributed by atoms with van der Waals surface area (Å²) in [6.07, 6.45) is 5.86. The molecule has 0 radical (unpaired) electrons. The van der Waals surface area contributed by atoms with Gasteiger partial charge in [-0.05, 0) is 48.6 Å². The quantitative estimate of drug-likeness (QED) is 0.497. The molecule has 6 rings (SSSR count). The second kappa shape index (κ2) is 10.3. The van der Waals surface area contributed by atoms with Crippen LogP contribution in [0.4, 0.5) is 10.1 Å². The molecular weight excluding hydrogens is 533 g/mol. The molecule has 7 nitrogen and oxygen atoms in total. The topological polar surface area (TPSA) is 87.7 Å². The Kier molecular flexibility index (Phi) is 6.95. The van der Waals surface area contributed by atoms with E-state index in [9.17, 15) is 18.8 Å². The summed E-state index contributed by atoms with van der Waals surface area (Å²) in [5, 5.41) is 6.63. The summed E-state index contributed by atoms with van der Waals surface area (Å²) in [7, 11) is 0. The van der Waals surface area contributed by atoms with Crippen LogP contribution in [0.15, 0.2) is 60.7 Å². The maximum Gasteiger partial charge on any atom is 0.246 e. The van der Waals surface area contributed by atoms with Crippen molar-refractivity contribution in [3.05, 3.63) is 77.1 Å². The van der Waals surface area contributed by atoms with Gasteiger partial charge in [-0.15, -0.1) is 0 Å². The molecule has 40 heavy (non-hydrogen) atoms. The Balaban J connectivity index is 1.33. The summed E-state index contributed by atoms with van der Waals surface area (Å²) in [5.41, 5.74) is -0.480. The number of nitrogens with zero attached hydrogens (tertiary/aromatic N) is 1. The number of carbonyl (C=O) groups excluding carboxylic acids is 3. The van der Waals surface area contributed by atoms with E-state index in [1.54, 1.807) is 54.6 Å². The van der Waals surface area contributed by atoms with E-state index in [4.69, 9.17) is 16.3 Å². The molecule has 2 aromatic rings. The van der Waals surface area contributed by atoms with Gasteiger partial charge in [-0.3, -0.25) is 14.4 Å². The number of rotatable bonds is 6. The number of amides is 3. The van der Waals surface area contributed by atoms with Gasteiger partial charge in [0.1, 0.15) is 17.5 Å². The zero-order valence-electron chi connectivity index (χ0n) is 22.5. The van der Waals surface area contributed by atoms with Gasteiger partial charge in [0, 0.05) is 28.9 Å². The maximum atomic E-state index is 14.8. The largest absolute Gasteiger partial charge is 0.359 e. The molecule has 1 saturated carbocycles. The number of fused-ring (bicyclic) bond motifs is 1. The average Bonchev–Trinajstić information content (AvgIpc) is 3.57. The summed E-state index contributed by atoms with van der Waals surface area (Å²) in [4.78, 5) is 43.2. The van der Waals surface area contributed by atoms with Gasteiger partial charge in [0.2, 0.25) is 17.7 Å². The number of benzene rings is 2. The van der Waals surface area contributed by atoms with Crippen LogP contribution in [0.5, 0.6) is 0 Å². The Labute approximate surface area is 238 Å². The van der Waals surface area contributed by atoms with Crippen molar-refractivity contribution in [1.82, 2.24) is 10.2 Å². The normalized spacial score (nSPS) is 34.1. The molecule has 2 aromatic carbocycles. The minimum absolute atomic E-state index is 0.0382. The first-order chi connectivity index (χ1) is 19.2. The zero-order valence-corrected chi connectivity index (χ0v) is 23.2. The molecule has 0 aromatic heterocycles. The van der Waals surface area contributed by atoms with E-state index >= 15 is 0 Å². The van der Waals surface area contributed by atoms with Gasteiger partial charge in [0.15, 0.2) is 0 Å². The van der Waals surface area contributed by atoms with Gasteiger partial charge < -0.3 is 20.3 Å². The highest BCUT2D eigenvalue weighted by Gasteiger charge is 2.72. The lowest BCUT2D eigenvalue weighted by atomic mass is 9.73. The van der Waals surface area contributed by atoms with Crippen molar-refractivity contribution in [2.45, 2.75) is 63.4 Å². The molecule has 4 aliphatic rings. The van der Waals surface area contributed by atoms with E-state index in [1.807, 2.05) is 0 Å². The van der Waals surface area contributed by atoms with Gasteiger partial charge in [-0.1, -0.05) is 68.6 Å². The third kappa shape index (κ3) is 4.41. The minimum atomic E-state index is -1.32. The predicted molar refractivity (Wildman–Crippen MR) is 149 cm³/mol. The van der Waals surface area contributed by atoms with E-state index in [2.05, 4.69) is 24.5 Å². The second-order valence-corrected chi connectivity index (χ2v) is 12.1. The van der Waals surface area contributed by atoms with Crippen molar-refractivity contribution in [1.29, 1.82) is 0 Å². The molecule has 1 aliphatic carbocycles. The van der Waals surface area contributed by atoms with Gasteiger partial charge >= 0.3 is 0 Å². The lowest BCUT2D eigenvalue weighted by Crippen LogP contribution is -2.57. The number of hydrogen-bond donors (Lipinski definition) is 2. The molecule has 3 amide bonds. The number of likely N-dealkylation sites (tertiary alicyclic amines) is 1. The van der Waals surface area contributed by atoms with Crippen LogP contribution in [0.1, 0.15) is 38.7 Å². The van der Waals surface area contributed by atoms with Gasteiger partial charge in [-0.25, -0.2) is 4.39 Å². The highest BCUT2D eigenvalue weighted by atomic mass is 35.5. The molecule has 1 spiro atoms. The average molecular weight is 566 g/mol. The van der Waals surface area contributed by atoms with Crippen molar-refractivity contribution >= 4 is 35.0 Å². The van der Waals surface area contributed by atoms with Crippen LogP contribution in [0.25, 0.3) is 0 Å². The number of carbonyl (C=O) groups is 3. The van der Waals surface area contributed by atoms with Crippen LogP contribution >= 0.6 is 11.6 Å². The molecule has 3 aliphatic heterocycles. The zero-order chi connectivity index (χ0) is 28.2. The first kappa shape index (κ1) is 27.0. The Morgan fingerprint density at radius 3 is 2.60 bits per heavy atom. The van der Waals surface area contributed by atoms with E-state index < -0.39 is 41.3 Å². The summed E-state index contributed by atoms with van der Waals surface area (Å²) in [6, 6.07) is 11.8. The molecule has 210 valence electrons. The van der Waals surface area contributed by atoms with E-state index in [1.165, 1.54) is 11.0 Å². The van der Waals surface area contributed by atoms with Crippen molar-refractivity contribution in [3.63, 3.8) is 0 Å². The van der Waals surface area contributed by atoms with Crippen molar-refractivity contribution in [2.24, 2.45) is 23.7 Å². The van der Waals surface area contributed by atoms with Crippen LogP contribution in [-0.2, 0) is 25.7 Å². The minimum Gasteiger partial charge on any atom is -0.359 e. The van der Waals surface area contributed by atoms with E-state index in [-0.39, 0.29) is 30.3 Å². The van der Waals surface area contributed by atoms with Gasteiger partial charge in [0.25, 0.3) is 0 Å². The fraction of sp³-hybridized carbons (Fsp3) is 0.452. The first-order valence-electron chi connectivity index (χ1n) is 14.0. The number of ether oxygens (including phenoxy) is 1. The van der Waals surface area contributed by atoms with E-state index in [0.717, 1.165) is 19.3 Å². The van der Waals surface area contributed by atoms with Crippen LogP contribution in [-0.4, -0.2) is 46.4 Å². The highest BCUT2D eigenvalue weighted by molar-refractivity contribution is 6.30. The SMILES string of the molecule is C[C@@H]1[C@H](C)CCC[C@@H]1NC(=O)[C@@H]1N(Cc2ccccc2F)C(=O)[C@H]2[C@@H](C(=O)Nc3ccc(Cl)cc3)[C@H]3C=C[C@@]12O3. The third-order valence-corrected chi connectivity index (χ3v) is 9.62.